The Labute approximate surface area is 88.1 Å². The Morgan fingerprint density at radius 1 is 1.29 bits per heavy atom. The minimum Gasteiger partial charge on any atom is -0.314 e. The first-order valence-electron chi connectivity index (χ1n) is 6.19. The van der Waals surface area contributed by atoms with Crippen LogP contribution in [0.25, 0.3) is 0 Å². The zero-order valence-corrected chi connectivity index (χ0v) is 9.63. The van der Waals surface area contributed by atoms with Gasteiger partial charge in [-0.25, -0.2) is 0 Å². The van der Waals surface area contributed by atoms with Crippen LogP contribution in [0.1, 0.15) is 39.0 Å². The molecule has 0 aromatic rings. The van der Waals surface area contributed by atoms with Gasteiger partial charge in [0.05, 0.1) is 0 Å². The Bertz CT molecular complexity index is 177. The van der Waals surface area contributed by atoms with Gasteiger partial charge in [-0.3, -0.25) is 0 Å². The summed E-state index contributed by atoms with van der Waals surface area (Å²) in [5.74, 6) is 0.942. The molecule has 2 aliphatic rings. The summed E-state index contributed by atoms with van der Waals surface area (Å²) in [6, 6.07) is 1.66. The Hall–Kier alpha value is -0.0800. The van der Waals surface area contributed by atoms with Crippen molar-refractivity contribution in [3.63, 3.8) is 0 Å². The Morgan fingerprint density at radius 3 is 2.64 bits per heavy atom. The Balaban J connectivity index is 1.72. The Morgan fingerprint density at radius 2 is 2.07 bits per heavy atom. The van der Waals surface area contributed by atoms with Gasteiger partial charge in [-0.05, 0) is 52.1 Å². The highest BCUT2D eigenvalue weighted by Crippen LogP contribution is 2.26. The number of hydrogen-bond acceptors (Lipinski definition) is 2. The first-order valence-corrected chi connectivity index (χ1v) is 6.19. The normalized spacial score (nSPS) is 34.5. The molecule has 1 aliphatic carbocycles. The number of nitrogens with one attached hydrogen (secondary N) is 1. The average Bonchev–Trinajstić information content (AvgIpc) is 1.99. The maximum absolute atomic E-state index is 3.52. The summed E-state index contributed by atoms with van der Waals surface area (Å²) < 4.78 is 0. The van der Waals surface area contributed by atoms with E-state index >= 15 is 0 Å². The molecule has 0 spiro atoms. The largest absolute Gasteiger partial charge is 0.314 e. The van der Waals surface area contributed by atoms with E-state index in [0.717, 1.165) is 18.0 Å². The summed E-state index contributed by atoms with van der Waals surface area (Å²) in [7, 11) is 2.32. The molecule has 0 amide bonds. The van der Waals surface area contributed by atoms with Gasteiger partial charge in [-0.2, -0.15) is 0 Å². The molecule has 0 aromatic heterocycles. The lowest BCUT2D eigenvalue weighted by molar-refractivity contribution is 0.123. The van der Waals surface area contributed by atoms with E-state index in [0.29, 0.717) is 0 Å². The fourth-order valence-electron chi connectivity index (χ4n) is 2.78. The monoisotopic (exact) mass is 196 g/mol. The van der Waals surface area contributed by atoms with Crippen LogP contribution < -0.4 is 5.32 Å². The summed E-state index contributed by atoms with van der Waals surface area (Å²) in [4.78, 5) is 2.60. The van der Waals surface area contributed by atoms with Gasteiger partial charge in [0.25, 0.3) is 0 Å². The van der Waals surface area contributed by atoms with E-state index < -0.39 is 0 Å². The molecule has 0 bridgehead atoms. The highest BCUT2D eigenvalue weighted by atomic mass is 15.1. The number of hydrogen-bond donors (Lipinski definition) is 1. The molecule has 0 aromatic carbocycles. The van der Waals surface area contributed by atoms with Crippen molar-refractivity contribution in [2.75, 3.05) is 20.1 Å². The quantitative estimate of drug-likeness (QED) is 0.741. The van der Waals surface area contributed by atoms with E-state index in [1.54, 1.807) is 0 Å². The Kier molecular flexibility index (Phi) is 3.45. The van der Waals surface area contributed by atoms with Crippen LogP contribution in [0.15, 0.2) is 0 Å². The second-order valence-corrected chi connectivity index (χ2v) is 5.27. The molecule has 1 heterocycles. The second kappa shape index (κ2) is 4.63. The van der Waals surface area contributed by atoms with E-state index in [2.05, 4.69) is 24.2 Å². The maximum Gasteiger partial charge on any atom is 0.00923 e. The molecule has 1 N–H and O–H groups in total. The van der Waals surface area contributed by atoms with E-state index in [9.17, 15) is 0 Å². The minimum absolute atomic E-state index is 0.739. The van der Waals surface area contributed by atoms with Crippen molar-refractivity contribution in [3.05, 3.63) is 0 Å². The van der Waals surface area contributed by atoms with Gasteiger partial charge in [-0.1, -0.05) is 6.42 Å². The fourth-order valence-corrected chi connectivity index (χ4v) is 2.78. The van der Waals surface area contributed by atoms with Gasteiger partial charge in [0.1, 0.15) is 0 Å². The molecule has 2 rings (SSSR count). The fraction of sp³-hybridized carbons (Fsp3) is 1.00. The van der Waals surface area contributed by atoms with Crippen molar-refractivity contribution < 1.29 is 0 Å². The first kappa shape index (κ1) is 10.4. The highest BCUT2D eigenvalue weighted by molar-refractivity contribution is 4.82. The van der Waals surface area contributed by atoms with E-state index in [1.807, 2.05) is 0 Å². The van der Waals surface area contributed by atoms with Crippen molar-refractivity contribution in [1.82, 2.24) is 10.2 Å². The summed E-state index contributed by atoms with van der Waals surface area (Å²) in [6.45, 7) is 4.87. The van der Waals surface area contributed by atoms with Crippen LogP contribution >= 0.6 is 0 Å². The lowest BCUT2D eigenvalue weighted by Crippen LogP contribution is -2.44. The van der Waals surface area contributed by atoms with Crippen LogP contribution in [0, 0.1) is 5.92 Å². The molecule has 1 aliphatic heterocycles. The van der Waals surface area contributed by atoms with Crippen molar-refractivity contribution >= 4 is 0 Å². The second-order valence-electron chi connectivity index (χ2n) is 5.27. The van der Waals surface area contributed by atoms with E-state index in [1.165, 1.54) is 45.2 Å². The third-order valence-electron chi connectivity index (χ3n) is 3.98. The SMILES string of the molecule is CC1CC(CN(C)C2CCC2)CCN1. The lowest BCUT2D eigenvalue weighted by atomic mass is 9.88. The van der Waals surface area contributed by atoms with Crippen LogP contribution in [0.3, 0.4) is 0 Å². The maximum atomic E-state index is 3.52. The molecule has 2 nitrogen and oxygen atoms in total. The van der Waals surface area contributed by atoms with Crippen LogP contribution in [0.4, 0.5) is 0 Å². The van der Waals surface area contributed by atoms with Crippen molar-refractivity contribution in [3.8, 4) is 0 Å². The van der Waals surface area contributed by atoms with E-state index in [-0.39, 0.29) is 0 Å². The van der Waals surface area contributed by atoms with Gasteiger partial charge >= 0.3 is 0 Å². The summed E-state index contributed by atoms with van der Waals surface area (Å²) in [6.07, 6.45) is 7.09. The smallest absolute Gasteiger partial charge is 0.00923 e. The third-order valence-corrected chi connectivity index (χ3v) is 3.98. The molecule has 82 valence electrons. The standard InChI is InChI=1S/C12H24N2/c1-10-8-11(6-7-13-10)9-14(2)12-4-3-5-12/h10-13H,3-9H2,1-2H3. The molecule has 14 heavy (non-hydrogen) atoms. The first-order chi connectivity index (χ1) is 6.75. The van der Waals surface area contributed by atoms with Crippen LogP contribution in [0.5, 0.6) is 0 Å². The van der Waals surface area contributed by atoms with Crippen LogP contribution in [0.2, 0.25) is 0 Å². The number of piperidine rings is 1. The van der Waals surface area contributed by atoms with Crippen LogP contribution in [-0.4, -0.2) is 37.1 Å². The van der Waals surface area contributed by atoms with Crippen molar-refractivity contribution in [1.29, 1.82) is 0 Å². The summed E-state index contributed by atoms with van der Waals surface area (Å²) in [5.41, 5.74) is 0. The zero-order chi connectivity index (χ0) is 9.97. The van der Waals surface area contributed by atoms with Gasteiger partial charge in [0.2, 0.25) is 0 Å². The van der Waals surface area contributed by atoms with Gasteiger partial charge in [0.15, 0.2) is 0 Å². The zero-order valence-electron chi connectivity index (χ0n) is 9.63. The molecule has 1 saturated heterocycles. The number of nitrogens with zero attached hydrogens (tertiary/aromatic N) is 1. The van der Waals surface area contributed by atoms with Gasteiger partial charge in [0, 0.05) is 18.6 Å². The van der Waals surface area contributed by atoms with Crippen molar-refractivity contribution in [2.24, 2.45) is 5.92 Å². The minimum atomic E-state index is 0.739. The predicted octanol–water partition coefficient (Wildman–Crippen LogP) is 1.86. The molecule has 2 fully saturated rings. The number of rotatable bonds is 3. The molecule has 2 atom stereocenters. The van der Waals surface area contributed by atoms with E-state index in [4.69, 9.17) is 0 Å². The lowest BCUT2D eigenvalue weighted by Gasteiger charge is -2.38. The highest BCUT2D eigenvalue weighted by Gasteiger charge is 2.25. The molecule has 2 heteroatoms. The summed E-state index contributed by atoms with van der Waals surface area (Å²) in [5, 5.41) is 3.52. The molecule has 1 saturated carbocycles. The molecular weight excluding hydrogens is 172 g/mol. The predicted molar refractivity (Wildman–Crippen MR) is 60.5 cm³/mol. The third kappa shape index (κ3) is 2.48. The van der Waals surface area contributed by atoms with Crippen molar-refractivity contribution in [2.45, 2.75) is 51.1 Å². The molecule has 0 radical (unpaired) electrons. The average molecular weight is 196 g/mol. The summed E-state index contributed by atoms with van der Waals surface area (Å²) >= 11 is 0. The van der Waals surface area contributed by atoms with Gasteiger partial charge < -0.3 is 10.2 Å². The van der Waals surface area contributed by atoms with Gasteiger partial charge in [-0.15, -0.1) is 0 Å². The molecular formula is C12H24N2. The topological polar surface area (TPSA) is 15.3 Å². The molecule has 2 unspecified atom stereocenters. The van der Waals surface area contributed by atoms with Crippen LogP contribution in [-0.2, 0) is 0 Å².